The van der Waals surface area contributed by atoms with Gasteiger partial charge in [-0.3, -0.25) is 9.69 Å². The van der Waals surface area contributed by atoms with E-state index < -0.39 is 0 Å². The highest BCUT2D eigenvalue weighted by Crippen LogP contribution is 2.34. The van der Waals surface area contributed by atoms with Gasteiger partial charge >= 0.3 is 0 Å². The number of ether oxygens (including phenoxy) is 4. The summed E-state index contributed by atoms with van der Waals surface area (Å²) in [6.45, 7) is 8.56. The Hall–Kier alpha value is -2.84. The van der Waals surface area contributed by atoms with Crippen LogP contribution >= 0.6 is 11.3 Å². The topological polar surface area (TPSA) is 70.1 Å². The summed E-state index contributed by atoms with van der Waals surface area (Å²) in [5, 5.41) is 0.644. The van der Waals surface area contributed by atoms with E-state index in [0.29, 0.717) is 48.6 Å². The Bertz CT molecular complexity index is 1090. The molecule has 1 aliphatic heterocycles. The Morgan fingerprint density at radius 3 is 2.58 bits per heavy atom. The molecule has 0 aliphatic carbocycles. The predicted molar refractivity (Wildman–Crippen MR) is 130 cm³/mol. The molecule has 1 fully saturated rings. The van der Waals surface area contributed by atoms with E-state index in [0.717, 1.165) is 35.4 Å². The molecule has 0 spiro atoms. The van der Waals surface area contributed by atoms with Crippen LogP contribution in [-0.2, 0) is 4.74 Å². The largest absolute Gasteiger partial charge is 0.494 e. The average Bonchev–Trinajstić information content (AvgIpc) is 3.48. The molecule has 0 N–H and O–H groups in total. The Balaban J connectivity index is 1.69. The monoisotopic (exact) mass is 470 g/mol. The summed E-state index contributed by atoms with van der Waals surface area (Å²) in [5.74, 6) is 1.85. The minimum absolute atomic E-state index is 0.00555. The highest BCUT2D eigenvalue weighted by molar-refractivity contribution is 7.22. The Morgan fingerprint density at radius 1 is 1.06 bits per heavy atom. The number of nitrogens with zero attached hydrogens (tertiary/aromatic N) is 2. The normalized spacial score (nSPS) is 15.5. The van der Waals surface area contributed by atoms with Gasteiger partial charge in [-0.15, -0.1) is 0 Å². The molecule has 1 amide bonds. The number of rotatable bonds is 10. The zero-order valence-electron chi connectivity index (χ0n) is 19.3. The van der Waals surface area contributed by atoms with Crippen LogP contribution in [0.3, 0.4) is 0 Å². The Labute approximate surface area is 198 Å². The van der Waals surface area contributed by atoms with E-state index in [1.54, 1.807) is 23.1 Å². The SMILES string of the molecule is CCOc1ccc2nc(N(CC3CCCO3)C(=O)c3ccc(OCC)c(OCC)c3)sc2c1. The van der Waals surface area contributed by atoms with Gasteiger partial charge in [0.25, 0.3) is 5.91 Å². The summed E-state index contributed by atoms with van der Waals surface area (Å²) in [7, 11) is 0. The van der Waals surface area contributed by atoms with Crippen molar-refractivity contribution in [2.45, 2.75) is 39.7 Å². The first kappa shape index (κ1) is 23.3. The van der Waals surface area contributed by atoms with Crippen LogP contribution in [0.1, 0.15) is 44.0 Å². The van der Waals surface area contributed by atoms with Gasteiger partial charge in [0.15, 0.2) is 16.6 Å². The van der Waals surface area contributed by atoms with Crippen molar-refractivity contribution in [1.29, 1.82) is 0 Å². The maximum absolute atomic E-state index is 13.7. The number of carbonyl (C=O) groups excluding carboxylic acids is 1. The maximum Gasteiger partial charge on any atom is 0.260 e. The Morgan fingerprint density at radius 2 is 1.85 bits per heavy atom. The van der Waals surface area contributed by atoms with Crippen LogP contribution < -0.4 is 19.1 Å². The van der Waals surface area contributed by atoms with Crippen LogP contribution in [0.15, 0.2) is 36.4 Å². The third-order valence-electron chi connectivity index (χ3n) is 5.34. The second-order valence-electron chi connectivity index (χ2n) is 7.64. The van der Waals surface area contributed by atoms with Crippen molar-refractivity contribution in [3.05, 3.63) is 42.0 Å². The fourth-order valence-electron chi connectivity index (χ4n) is 3.84. The number of aromatic nitrogens is 1. The van der Waals surface area contributed by atoms with Crippen molar-refractivity contribution in [3.63, 3.8) is 0 Å². The van der Waals surface area contributed by atoms with Gasteiger partial charge in [0.05, 0.1) is 42.7 Å². The molecular weight excluding hydrogens is 440 g/mol. The van der Waals surface area contributed by atoms with Gasteiger partial charge in [0, 0.05) is 12.2 Å². The lowest BCUT2D eigenvalue weighted by Gasteiger charge is -2.23. The van der Waals surface area contributed by atoms with Crippen LogP contribution in [0.5, 0.6) is 17.2 Å². The van der Waals surface area contributed by atoms with Gasteiger partial charge in [-0.05, 0) is 70.0 Å². The summed E-state index contributed by atoms with van der Waals surface area (Å²) in [4.78, 5) is 20.2. The van der Waals surface area contributed by atoms with Crippen LogP contribution in [-0.4, -0.2) is 50.0 Å². The van der Waals surface area contributed by atoms with Crippen molar-refractivity contribution in [2.24, 2.45) is 0 Å². The highest BCUT2D eigenvalue weighted by atomic mass is 32.1. The maximum atomic E-state index is 13.7. The van der Waals surface area contributed by atoms with Gasteiger partial charge in [-0.2, -0.15) is 0 Å². The summed E-state index contributed by atoms with van der Waals surface area (Å²) in [6.07, 6.45) is 1.92. The van der Waals surface area contributed by atoms with Crippen molar-refractivity contribution in [1.82, 2.24) is 4.98 Å². The quantitative estimate of drug-likeness (QED) is 0.400. The molecule has 8 heteroatoms. The predicted octanol–water partition coefficient (Wildman–Crippen LogP) is 5.32. The molecule has 2 heterocycles. The lowest BCUT2D eigenvalue weighted by molar-refractivity contribution is 0.0917. The lowest BCUT2D eigenvalue weighted by atomic mass is 10.1. The number of hydrogen-bond acceptors (Lipinski definition) is 7. The van der Waals surface area contributed by atoms with Crippen LogP contribution in [0, 0.1) is 0 Å². The van der Waals surface area contributed by atoms with E-state index in [1.807, 2.05) is 39.0 Å². The summed E-state index contributed by atoms with van der Waals surface area (Å²) < 4.78 is 23.8. The van der Waals surface area contributed by atoms with Crippen molar-refractivity contribution in [2.75, 3.05) is 37.9 Å². The molecule has 3 aromatic rings. The number of carbonyl (C=O) groups is 1. The molecule has 33 heavy (non-hydrogen) atoms. The molecule has 0 saturated carbocycles. The molecule has 0 bridgehead atoms. The first-order chi connectivity index (χ1) is 16.1. The molecule has 7 nitrogen and oxygen atoms in total. The number of anilines is 1. The fraction of sp³-hybridized carbons (Fsp3) is 0.440. The number of fused-ring (bicyclic) bond motifs is 1. The van der Waals surface area contributed by atoms with Gasteiger partial charge < -0.3 is 18.9 Å². The van der Waals surface area contributed by atoms with Gasteiger partial charge in [-0.1, -0.05) is 11.3 Å². The van der Waals surface area contributed by atoms with Crippen molar-refractivity contribution < 1.29 is 23.7 Å². The zero-order valence-corrected chi connectivity index (χ0v) is 20.2. The molecule has 1 aliphatic rings. The third kappa shape index (κ3) is 5.39. The summed E-state index contributed by atoms with van der Waals surface area (Å²) >= 11 is 1.48. The smallest absolute Gasteiger partial charge is 0.260 e. The molecule has 4 rings (SSSR count). The van der Waals surface area contributed by atoms with Crippen LogP contribution in [0.2, 0.25) is 0 Å². The number of hydrogen-bond donors (Lipinski definition) is 0. The third-order valence-corrected chi connectivity index (χ3v) is 6.38. The number of benzene rings is 2. The van der Waals surface area contributed by atoms with Crippen LogP contribution in [0.25, 0.3) is 10.2 Å². The van der Waals surface area contributed by atoms with Crippen molar-refractivity contribution >= 4 is 32.6 Å². The first-order valence-electron chi connectivity index (χ1n) is 11.5. The standard InChI is InChI=1S/C25H30N2O5S/c1-4-29-18-10-11-20-23(15-18)33-25(26-20)27(16-19-8-7-13-32-19)24(28)17-9-12-21(30-5-2)22(14-17)31-6-3/h9-12,14-15,19H,4-8,13,16H2,1-3H3. The fourth-order valence-corrected chi connectivity index (χ4v) is 4.85. The summed E-state index contributed by atoms with van der Waals surface area (Å²) in [5.41, 5.74) is 1.36. The molecule has 1 atom stereocenters. The number of thiazole rings is 1. The number of amides is 1. The second kappa shape index (κ2) is 10.9. The second-order valence-corrected chi connectivity index (χ2v) is 8.65. The Kier molecular flexibility index (Phi) is 7.67. The van der Waals surface area contributed by atoms with E-state index in [-0.39, 0.29) is 12.0 Å². The molecule has 1 unspecified atom stereocenters. The minimum Gasteiger partial charge on any atom is -0.494 e. The molecule has 1 aromatic heterocycles. The minimum atomic E-state index is -0.140. The van der Waals surface area contributed by atoms with E-state index >= 15 is 0 Å². The highest BCUT2D eigenvalue weighted by Gasteiger charge is 2.28. The van der Waals surface area contributed by atoms with E-state index in [2.05, 4.69) is 0 Å². The molecule has 0 radical (unpaired) electrons. The molecule has 176 valence electrons. The van der Waals surface area contributed by atoms with Gasteiger partial charge in [0.2, 0.25) is 0 Å². The summed E-state index contributed by atoms with van der Waals surface area (Å²) in [6, 6.07) is 11.1. The zero-order chi connectivity index (χ0) is 23.2. The van der Waals surface area contributed by atoms with Crippen LogP contribution in [0.4, 0.5) is 5.13 Å². The van der Waals surface area contributed by atoms with Gasteiger partial charge in [-0.25, -0.2) is 4.98 Å². The molecular formula is C25H30N2O5S. The van der Waals surface area contributed by atoms with Crippen molar-refractivity contribution in [3.8, 4) is 17.2 Å². The lowest BCUT2D eigenvalue weighted by Crippen LogP contribution is -2.37. The van der Waals surface area contributed by atoms with Gasteiger partial charge in [0.1, 0.15) is 5.75 Å². The van der Waals surface area contributed by atoms with E-state index in [1.165, 1.54) is 11.3 Å². The molecule has 1 saturated heterocycles. The van der Waals surface area contributed by atoms with E-state index in [4.69, 9.17) is 23.9 Å². The molecule has 2 aromatic carbocycles. The first-order valence-corrected chi connectivity index (χ1v) is 12.3. The average molecular weight is 471 g/mol. The van der Waals surface area contributed by atoms with E-state index in [9.17, 15) is 4.79 Å².